The maximum Gasteiger partial charge on any atom is 0.238 e. The molecule has 2 aromatic carbocycles. The minimum absolute atomic E-state index is 0.0181. The van der Waals surface area contributed by atoms with E-state index in [0.29, 0.717) is 39.1 Å². The van der Waals surface area contributed by atoms with Gasteiger partial charge in [0, 0.05) is 38.1 Å². The number of aromatic nitrogens is 2. The Kier molecular flexibility index (Phi) is 6.66. The molecular weight excluding hydrogens is 402 g/mol. The largest absolute Gasteiger partial charge is 0.340 e. The number of aryl methyl sites for hydroxylation is 2. The predicted molar refractivity (Wildman–Crippen MR) is 125 cm³/mol. The second-order valence-electron chi connectivity index (χ2n) is 8.28. The van der Waals surface area contributed by atoms with E-state index >= 15 is 0 Å². The number of carbonyl (C=O) groups is 2. The van der Waals surface area contributed by atoms with Crippen LogP contribution >= 0.6 is 0 Å². The van der Waals surface area contributed by atoms with E-state index in [1.54, 1.807) is 10.9 Å². The average Bonchev–Trinajstić information content (AvgIpc) is 3.26. The first-order chi connectivity index (χ1) is 15.5. The fraction of sp³-hybridized carbons (Fsp3) is 0.320. The van der Waals surface area contributed by atoms with E-state index in [-0.39, 0.29) is 11.8 Å². The monoisotopic (exact) mass is 431 g/mol. The lowest BCUT2D eigenvalue weighted by atomic mass is 10.1. The van der Waals surface area contributed by atoms with Gasteiger partial charge in [0.15, 0.2) is 0 Å². The van der Waals surface area contributed by atoms with Crippen molar-refractivity contribution in [1.29, 1.82) is 0 Å². The topological polar surface area (TPSA) is 70.5 Å². The Balaban J connectivity index is 1.25. The predicted octanol–water partition coefficient (Wildman–Crippen LogP) is 2.81. The Hall–Kier alpha value is -3.45. The third-order valence-electron chi connectivity index (χ3n) is 5.85. The number of anilines is 1. The van der Waals surface area contributed by atoms with E-state index in [9.17, 15) is 9.59 Å². The normalized spacial score (nSPS) is 14.4. The van der Waals surface area contributed by atoms with Crippen molar-refractivity contribution in [2.45, 2.75) is 20.3 Å². The van der Waals surface area contributed by atoms with Gasteiger partial charge in [-0.3, -0.25) is 14.5 Å². The standard InChI is InChI=1S/C25H29N5O2/c1-19-7-6-8-20(2)25(19)27-23(31)18-28-11-13-29(14-12-28)24(32)15-21-16-26-30(17-21)22-9-4-3-5-10-22/h3-10,16-17H,11-15,18H2,1-2H3,(H,27,31). The number of hydrogen-bond donors (Lipinski definition) is 1. The van der Waals surface area contributed by atoms with Crippen LogP contribution in [0.25, 0.3) is 5.69 Å². The fourth-order valence-corrected chi connectivity index (χ4v) is 4.01. The van der Waals surface area contributed by atoms with Crippen molar-refractivity contribution in [1.82, 2.24) is 19.6 Å². The first-order valence-corrected chi connectivity index (χ1v) is 10.9. The zero-order chi connectivity index (χ0) is 22.5. The van der Waals surface area contributed by atoms with Crippen LogP contribution < -0.4 is 5.32 Å². The van der Waals surface area contributed by atoms with Crippen molar-refractivity contribution in [2.24, 2.45) is 0 Å². The number of benzene rings is 2. The highest BCUT2D eigenvalue weighted by Gasteiger charge is 2.23. The molecule has 32 heavy (non-hydrogen) atoms. The first-order valence-electron chi connectivity index (χ1n) is 10.9. The number of nitrogens with zero attached hydrogens (tertiary/aromatic N) is 4. The van der Waals surface area contributed by atoms with Gasteiger partial charge in [-0.15, -0.1) is 0 Å². The number of carbonyl (C=O) groups excluding carboxylic acids is 2. The lowest BCUT2D eigenvalue weighted by Gasteiger charge is -2.34. The maximum absolute atomic E-state index is 12.7. The van der Waals surface area contributed by atoms with Crippen LogP contribution in [-0.4, -0.2) is 64.1 Å². The third kappa shape index (κ3) is 5.23. The molecule has 1 aliphatic heterocycles. The molecule has 0 spiro atoms. The van der Waals surface area contributed by atoms with Crippen LogP contribution in [-0.2, 0) is 16.0 Å². The van der Waals surface area contributed by atoms with Crippen LogP contribution in [0.3, 0.4) is 0 Å². The van der Waals surface area contributed by atoms with E-state index in [1.807, 2.05) is 73.5 Å². The van der Waals surface area contributed by atoms with Crippen molar-refractivity contribution in [3.05, 3.63) is 77.6 Å². The van der Waals surface area contributed by atoms with Gasteiger partial charge in [-0.25, -0.2) is 4.68 Å². The molecule has 1 aliphatic rings. The number of hydrogen-bond acceptors (Lipinski definition) is 4. The minimum Gasteiger partial charge on any atom is -0.340 e. The summed E-state index contributed by atoms with van der Waals surface area (Å²) in [6.45, 7) is 6.96. The number of nitrogens with one attached hydrogen (secondary N) is 1. The van der Waals surface area contributed by atoms with Gasteiger partial charge in [-0.1, -0.05) is 36.4 Å². The third-order valence-corrected chi connectivity index (χ3v) is 5.85. The molecule has 2 amide bonds. The van der Waals surface area contributed by atoms with Gasteiger partial charge in [0.2, 0.25) is 11.8 Å². The summed E-state index contributed by atoms with van der Waals surface area (Å²) in [5.41, 5.74) is 4.88. The van der Waals surface area contributed by atoms with Gasteiger partial charge >= 0.3 is 0 Å². The van der Waals surface area contributed by atoms with E-state index in [4.69, 9.17) is 0 Å². The molecule has 0 bridgehead atoms. The smallest absolute Gasteiger partial charge is 0.238 e. The lowest BCUT2D eigenvalue weighted by molar-refractivity contribution is -0.132. The highest BCUT2D eigenvalue weighted by Crippen LogP contribution is 2.19. The number of amides is 2. The van der Waals surface area contributed by atoms with Gasteiger partial charge in [0.25, 0.3) is 0 Å². The van der Waals surface area contributed by atoms with Crippen molar-refractivity contribution < 1.29 is 9.59 Å². The van der Waals surface area contributed by atoms with Crippen molar-refractivity contribution in [3.8, 4) is 5.69 Å². The first kappa shape index (κ1) is 21.8. The van der Waals surface area contributed by atoms with Crippen LogP contribution in [0.2, 0.25) is 0 Å². The molecule has 1 aromatic heterocycles. The molecule has 4 rings (SSSR count). The van der Waals surface area contributed by atoms with Crippen molar-refractivity contribution in [2.75, 3.05) is 38.0 Å². The Bertz CT molecular complexity index is 1060. The van der Waals surface area contributed by atoms with Crippen LogP contribution in [0.1, 0.15) is 16.7 Å². The summed E-state index contributed by atoms with van der Waals surface area (Å²) in [6, 6.07) is 15.8. The van der Waals surface area contributed by atoms with Crippen molar-refractivity contribution in [3.63, 3.8) is 0 Å². The molecule has 2 heterocycles. The molecule has 3 aromatic rings. The minimum atomic E-state index is -0.0181. The summed E-state index contributed by atoms with van der Waals surface area (Å²) in [5, 5.41) is 7.41. The van der Waals surface area contributed by atoms with E-state index in [2.05, 4.69) is 15.3 Å². The summed E-state index contributed by atoms with van der Waals surface area (Å²) >= 11 is 0. The summed E-state index contributed by atoms with van der Waals surface area (Å²) in [6.07, 6.45) is 3.99. The van der Waals surface area contributed by atoms with Crippen LogP contribution in [0, 0.1) is 13.8 Å². The Morgan fingerprint density at radius 2 is 1.62 bits per heavy atom. The average molecular weight is 432 g/mol. The summed E-state index contributed by atoms with van der Waals surface area (Å²) < 4.78 is 1.79. The van der Waals surface area contributed by atoms with Crippen LogP contribution in [0.4, 0.5) is 5.69 Å². The van der Waals surface area contributed by atoms with Gasteiger partial charge in [0.1, 0.15) is 0 Å². The number of piperazine rings is 1. The van der Waals surface area contributed by atoms with E-state index in [0.717, 1.165) is 28.1 Å². The van der Waals surface area contributed by atoms with E-state index < -0.39 is 0 Å². The molecule has 1 saturated heterocycles. The molecule has 1 fully saturated rings. The molecule has 7 heteroatoms. The highest BCUT2D eigenvalue weighted by atomic mass is 16.2. The molecule has 0 radical (unpaired) electrons. The van der Waals surface area contributed by atoms with Crippen LogP contribution in [0.5, 0.6) is 0 Å². The molecular formula is C25H29N5O2. The summed E-state index contributed by atoms with van der Waals surface area (Å²) in [7, 11) is 0. The van der Waals surface area contributed by atoms with E-state index in [1.165, 1.54) is 0 Å². The molecule has 0 saturated carbocycles. The quantitative estimate of drug-likeness (QED) is 0.652. The SMILES string of the molecule is Cc1cccc(C)c1NC(=O)CN1CCN(C(=O)Cc2cnn(-c3ccccc3)c2)CC1. The Labute approximate surface area is 188 Å². The van der Waals surface area contributed by atoms with Crippen molar-refractivity contribution >= 4 is 17.5 Å². The molecule has 166 valence electrons. The molecule has 7 nitrogen and oxygen atoms in total. The van der Waals surface area contributed by atoms with Crippen LogP contribution in [0.15, 0.2) is 60.9 Å². The second kappa shape index (κ2) is 9.78. The fourth-order valence-electron chi connectivity index (χ4n) is 4.01. The van der Waals surface area contributed by atoms with Gasteiger partial charge < -0.3 is 10.2 Å². The van der Waals surface area contributed by atoms with Gasteiger partial charge in [0.05, 0.1) is 24.8 Å². The molecule has 0 atom stereocenters. The lowest BCUT2D eigenvalue weighted by Crippen LogP contribution is -2.50. The summed E-state index contributed by atoms with van der Waals surface area (Å²) in [4.78, 5) is 29.2. The van der Waals surface area contributed by atoms with Gasteiger partial charge in [-0.05, 0) is 42.7 Å². The highest BCUT2D eigenvalue weighted by molar-refractivity contribution is 5.93. The zero-order valence-corrected chi connectivity index (χ0v) is 18.6. The Morgan fingerprint density at radius 1 is 0.938 bits per heavy atom. The van der Waals surface area contributed by atoms with Gasteiger partial charge in [-0.2, -0.15) is 5.10 Å². The maximum atomic E-state index is 12.7. The molecule has 0 aliphatic carbocycles. The summed E-state index contributed by atoms with van der Waals surface area (Å²) in [5.74, 6) is 0.0766. The Morgan fingerprint density at radius 3 is 2.31 bits per heavy atom. The molecule has 0 unspecified atom stereocenters. The number of rotatable bonds is 6. The zero-order valence-electron chi connectivity index (χ0n) is 18.6. The molecule has 1 N–H and O–H groups in total. The second-order valence-corrected chi connectivity index (χ2v) is 8.28. The number of para-hydroxylation sites is 2.